The number of aliphatic hydroxyl groups is 1. The standard InChI is InChI=1S/C30H54N14O9/c1-16(40-26(51)20(15-46)41-22(47)14-31)23(48)42-18(6-3-9-37-29(32)33)25(50)39-17(2)24(49)43-19(7-4-10-38-30(34)35)28(53)44-12-5-8-21(44)27(52)36-11-13-45/h13,16-21,46H,3-12,14-15,31H2,1-2H3,(H,36,52)(H,39,50)(H,40,51)(H,41,47)(H,42,48)(H,43,49)(H4,32,33,37)(H4,34,35,38)/t16-,17-,18-,19-,20-,21-/m0/s1. The van der Waals surface area contributed by atoms with Gasteiger partial charge in [0.15, 0.2) is 11.9 Å². The van der Waals surface area contributed by atoms with Crippen molar-refractivity contribution in [3.63, 3.8) is 0 Å². The summed E-state index contributed by atoms with van der Waals surface area (Å²) < 4.78 is 0. The summed E-state index contributed by atoms with van der Waals surface area (Å²) in [5, 5.41) is 24.1. The summed E-state index contributed by atoms with van der Waals surface area (Å²) in [5.41, 5.74) is 26.8. The summed E-state index contributed by atoms with van der Waals surface area (Å²) >= 11 is 0. The number of aliphatic imine (C=N–C) groups is 2. The highest BCUT2D eigenvalue weighted by atomic mass is 16.3. The molecule has 1 heterocycles. The number of rotatable bonds is 23. The average molecular weight is 755 g/mol. The molecule has 6 atom stereocenters. The number of guanidine groups is 2. The van der Waals surface area contributed by atoms with Gasteiger partial charge >= 0.3 is 0 Å². The van der Waals surface area contributed by atoms with Crippen molar-refractivity contribution in [1.82, 2.24) is 36.8 Å². The summed E-state index contributed by atoms with van der Waals surface area (Å²) in [6.45, 7) is 1.68. The third-order valence-corrected chi connectivity index (χ3v) is 7.86. The van der Waals surface area contributed by atoms with Crippen molar-refractivity contribution in [3.05, 3.63) is 0 Å². The summed E-state index contributed by atoms with van der Waals surface area (Å²) in [6, 6.07) is -7.15. The van der Waals surface area contributed by atoms with Crippen molar-refractivity contribution < 1.29 is 43.5 Å². The number of aliphatic hydroxyl groups excluding tert-OH is 1. The first-order chi connectivity index (χ1) is 25.1. The second kappa shape index (κ2) is 23.8. The highest BCUT2D eigenvalue weighted by Crippen LogP contribution is 2.20. The van der Waals surface area contributed by atoms with Gasteiger partial charge in [0.05, 0.1) is 19.7 Å². The van der Waals surface area contributed by atoms with Crippen LogP contribution in [0.25, 0.3) is 0 Å². The molecule has 23 nitrogen and oxygen atoms in total. The van der Waals surface area contributed by atoms with Gasteiger partial charge in [-0.05, 0) is 52.4 Å². The molecule has 0 radical (unpaired) electrons. The van der Waals surface area contributed by atoms with Crippen LogP contribution in [-0.2, 0) is 38.4 Å². The molecule has 23 heteroatoms. The molecule has 298 valence electrons. The Kier molecular flexibility index (Phi) is 20.4. The topological polar surface area (TPSA) is 387 Å². The van der Waals surface area contributed by atoms with E-state index in [1.165, 1.54) is 18.7 Å². The lowest BCUT2D eigenvalue weighted by molar-refractivity contribution is -0.142. The number of hydrogen-bond acceptors (Lipinski definition) is 12. The number of amides is 7. The maximum Gasteiger partial charge on any atom is 0.245 e. The quantitative estimate of drug-likeness (QED) is 0.0200. The molecule has 1 aliphatic rings. The van der Waals surface area contributed by atoms with Crippen LogP contribution in [0.15, 0.2) is 9.98 Å². The molecule has 0 spiro atoms. The minimum absolute atomic E-state index is 0.0103. The van der Waals surface area contributed by atoms with E-state index in [1.807, 2.05) is 0 Å². The van der Waals surface area contributed by atoms with Crippen LogP contribution in [0.4, 0.5) is 0 Å². The number of aldehydes is 1. The minimum Gasteiger partial charge on any atom is -0.394 e. The number of nitrogens with two attached hydrogens (primary N) is 5. The first-order valence-electron chi connectivity index (χ1n) is 17.0. The van der Waals surface area contributed by atoms with Gasteiger partial charge in [0, 0.05) is 19.6 Å². The van der Waals surface area contributed by atoms with Crippen molar-refractivity contribution in [2.45, 2.75) is 88.6 Å². The van der Waals surface area contributed by atoms with Gasteiger partial charge in [0.25, 0.3) is 0 Å². The monoisotopic (exact) mass is 754 g/mol. The summed E-state index contributed by atoms with van der Waals surface area (Å²) in [4.78, 5) is 110. The number of hydrogen-bond donors (Lipinski definition) is 12. The zero-order valence-electron chi connectivity index (χ0n) is 30.0. The van der Waals surface area contributed by atoms with Crippen LogP contribution in [0.1, 0.15) is 52.4 Å². The van der Waals surface area contributed by atoms with E-state index < -0.39 is 90.8 Å². The van der Waals surface area contributed by atoms with Gasteiger partial charge in [-0.15, -0.1) is 0 Å². The van der Waals surface area contributed by atoms with Crippen LogP contribution in [0.3, 0.4) is 0 Å². The van der Waals surface area contributed by atoms with Gasteiger partial charge in [-0.25, -0.2) is 0 Å². The van der Waals surface area contributed by atoms with E-state index in [4.69, 9.17) is 28.7 Å². The molecule has 1 fully saturated rings. The van der Waals surface area contributed by atoms with E-state index in [2.05, 4.69) is 41.9 Å². The van der Waals surface area contributed by atoms with E-state index in [9.17, 15) is 43.5 Å². The van der Waals surface area contributed by atoms with Crippen LogP contribution in [0.5, 0.6) is 0 Å². The number of nitrogens with zero attached hydrogens (tertiary/aromatic N) is 3. The van der Waals surface area contributed by atoms with Crippen LogP contribution in [-0.4, -0.2) is 145 Å². The first-order valence-corrected chi connectivity index (χ1v) is 17.0. The third kappa shape index (κ3) is 16.5. The Hall–Kier alpha value is -5.58. The number of carbonyl (C=O) groups excluding carboxylic acids is 8. The van der Waals surface area contributed by atoms with E-state index in [1.54, 1.807) is 0 Å². The Bertz CT molecular complexity index is 1350. The van der Waals surface area contributed by atoms with Gasteiger partial charge in [0.2, 0.25) is 41.4 Å². The van der Waals surface area contributed by atoms with Gasteiger partial charge in [-0.3, -0.25) is 43.5 Å². The maximum absolute atomic E-state index is 13.7. The zero-order chi connectivity index (χ0) is 40.1. The number of likely N-dealkylation sites (tertiary alicyclic amines) is 1. The van der Waals surface area contributed by atoms with Gasteiger partial charge in [-0.2, -0.15) is 0 Å². The van der Waals surface area contributed by atoms with Gasteiger partial charge in [-0.1, -0.05) is 0 Å². The fourth-order valence-electron chi connectivity index (χ4n) is 5.10. The third-order valence-electron chi connectivity index (χ3n) is 7.86. The largest absolute Gasteiger partial charge is 0.394 e. The van der Waals surface area contributed by atoms with E-state index in [0.717, 1.165) is 0 Å². The molecule has 0 aromatic carbocycles. The van der Waals surface area contributed by atoms with Gasteiger partial charge < -0.3 is 75.4 Å². The van der Waals surface area contributed by atoms with Crippen molar-refractivity contribution >= 4 is 59.6 Å². The van der Waals surface area contributed by atoms with Crippen LogP contribution in [0, 0.1) is 0 Å². The molecular weight excluding hydrogens is 700 g/mol. The Morgan fingerprint density at radius 1 is 0.774 bits per heavy atom. The zero-order valence-corrected chi connectivity index (χ0v) is 30.0. The SMILES string of the molecule is C[C@H](NC(=O)[C@H](CO)NC(=O)CN)C(=O)N[C@@H](CCCN=C(N)N)C(=O)N[C@@H](C)C(=O)N[C@@H](CCCN=C(N)N)C(=O)N1CCC[C@H]1C(=O)NCC=O. The molecule has 0 aromatic heterocycles. The highest BCUT2D eigenvalue weighted by molar-refractivity contribution is 5.97. The van der Waals surface area contributed by atoms with Crippen LogP contribution >= 0.6 is 0 Å². The molecule has 0 aromatic rings. The second-order valence-electron chi connectivity index (χ2n) is 12.1. The fourth-order valence-corrected chi connectivity index (χ4v) is 5.10. The second-order valence-corrected chi connectivity index (χ2v) is 12.1. The summed E-state index contributed by atoms with van der Waals surface area (Å²) in [5.74, 6) is -5.41. The maximum atomic E-state index is 13.7. The smallest absolute Gasteiger partial charge is 0.245 e. The lowest BCUT2D eigenvalue weighted by atomic mass is 10.1. The molecule has 1 aliphatic heterocycles. The fraction of sp³-hybridized carbons (Fsp3) is 0.667. The molecule has 0 bridgehead atoms. The summed E-state index contributed by atoms with van der Waals surface area (Å²) in [6.07, 6.45) is 1.91. The molecule has 0 aliphatic carbocycles. The first kappa shape index (κ1) is 45.4. The Morgan fingerprint density at radius 2 is 1.28 bits per heavy atom. The molecule has 1 rings (SSSR count). The van der Waals surface area contributed by atoms with Crippen molar-refractivity contribution in [3.8, 4) is 0 Å². The average Bonchev–Trinajstić information content (AvgIpc) is 3.61. The molecule has 17 N–H and O–H groups in total. The van der Waals surface area contributed by atoms with E-state index >= 15 is 0 Å². The Morgan fingerprint density at radius 3 is 1.77 bits per heavy atom. The lowest BCUT2D eigenvalue weighted by Gasteiger charge is -2.29. The van der Waals surface area contributed by atoms with Crippen molar-refractivity contribution in [2.24, 2.45) is 38.7 Å². The molecule has 0 unspecified atom stereocenters. The highest BCUT2D eigenvalue weighted by Gasteiger charge is 2.38. The minimum atomic E-state index is -1.39. The Labute approximate surface area is 306 Å². The predicted octanol–water partition coefficient (Wildman–Crippen LogP) is -7.19. The Balaban J connectivity index is 3.10. The van der Waals surface area contributed by atoms with Gasteiger partial charge in [0.1, 0.15) is 42.5 Å². The number of carbonyl (C=O) groups is 8. The molecule has 1 saturated heterocycles. The summed E-state index contributed by atoms with van der Waals surface area (Å²) in [7, 11) is 0. The van der Waals surface area contributed by atoms with E-state index in [0.29, 0.717) is 19.1 Å². The van der Waals surface area contributed by atoms with Crippen LogP contribution in [0.2, 0.25) is 0 Å². The lowest BCUT2D eigenvalue weighted by Crippen LogP contribution is -2.59. The molecule has 7 amide bonds. The number of nitrogens with one attached hydrogen (secondary N) is 6. The predicted molar refractivity (Wildman–Crippen MR) is 191 cm³/mol. The molecular formula is C30H54N14O9. The molecule has 0 saturated carbocycles. The van der Waals surface area contributed by atoms with Crippen LogP contribution < -0.4 is 60.6 Å². The normalized spacial score (nSPS) is 16.3. The van der Waals surface area contributed by atoms with Crippen molar-refractivity contribution in [1.29, 1.82) is 0 Å². The van der Waals surface area contributed by atoms with E-state index in [-0.39, 0.29) is 63.8 Å². The van der Waals surface area contributed by atoms with Crippen molar-refractivity contribution in [2.75, 3.05) is 39.3 Å². The molecule has 53 heavy (non-hydrogen) atoms.